The molecule has 2 unspecified atom stereocenters. The highest BCUT2D eigenvalue weighted by Gasteiger charge is 2.35. The third-order valence-electron chi connectivity index (χ3n) is 4.36. The molecule has 1 fully saturated rings. The summed E-state index contributed by atoms with van der Waals surface area (Å²) in [7, 11) is 0. The standard InChI is InChI=1S/C16H19N5O3/c1-11-17-18-19-21(11)14(9-12-5-3-2-4-6-12)15(22)20-8-7-13(10-20)16(23)24/h2-6,13-14H,7-10H2,1H3,(H,23,24). The smallest absolute Gasteiger partial charge is 0.308 e. The van der Waals surface area contributed by atoms with Gasteiger partial charge in [0.25, 0.3) is 0 Å². The van der Waals surface area contributed by atoms with Gasteiger partial charge in [0.1, 0.15) is 11.9 Å². The second-order valence-corrected chi connectivity index (χ2v) is 5.98. The summed E-state index contributed by atoms with van der Waals surface area (Å²) in [5, 5.41) is 20.6. The first-order chi connectivity index (χ1) is 11.6. The van der Waals surface area contributed by atoms with Crippen molar-refractivity contribution in [2.45, 2.75) is 25.8 Å². The molecule has 1 amide bonds. The molecule has 1 N–H and O–H groups in total. The molecular weight excluding hydrogens is 310 g/mol. The van der Waals surface area contributed by atoms with Crippen LogP contribution in [0.25, 0.3) is 0 Å². The zero-order valence-electron chi connectivity index (χ0n) is 13.4. The van der Waals surface area contributed by atoms with Crippen molar-refractivity contribution in [3.63, 3.8) is 0 Å². The van der Waals surface area contributed by atoms with Crippen LogP contribution in [-0.2, 0) is 16.0 Å². The summed E-state index contributed by atoms with van der Waals surface area (Å²) in [5.74, 6) is -0.943. The first-order valence-electron chi connectivity index (χ1n) is 7.86. The average molecular weight is 329 g/mol. The Hall–Kier alpha value is -2.77. The molecule has 0 radical (unpaired) electrons. The largest absolute Gasteiger partial charge is 0.481 e. The van der Waals surface area contributed by atoms with E-state index >= 15 is 0 Å². The third-order valence-corrected chi connectivity index (χ3v) is 4.36. The highest BCUT2D eigenvalue weighted by atomic mass is 16.4. The highest BCUT2D eigenvalue weighted by Crippen LogP contribution is 2.23. The van der Waals surface area contributed by atoms with Crippen LogP contribution in [-0.4, -0.2) is 55.2 Å². The number of carbonyl (C=O) groups is 2. The summed E-state index contributed by atoms with van der Waals surface area (Å²) in [4.78, 5) is 25.7. The Balaban J connectivity index is 1.83. The van der Waals surface area contributed by atoms with Gasteiger partial charge >= 0.3 is 5.97 Å². The molecule has 1 aliphatic heterocycles. The number of hydrogen-bond acceptors (Lipinski definition) is 5. The minimum absolute atomic E-state index is 0.141. The van der Waals surface area contributed by atoms with Gasteiger partial charge in [-0.1, -0.05) is 30.3 Å². The Bertz CT molecular complexity index is 730. The van der Waals surface area contributed by atoms with Crippen LogP contribution in [0.3, 0.4) is 0 Å². The van der Waals surface area contributed by atoms with E-state index in [-0.39, 0.29) is 12.5 Å². The maximum Gasteiger partial charge on any atom is 0.308 e. The van der Waals surface area contributed by atoms with Crippen LogP contribution in [0.15, 0.2) is 30.3 Å². The number of carbonyl (C=O) groups excluding carboxylic acids is 1. The van der Waals surface area contributed by atoms with E-state index in [4.69, 9.17) is 5.11 Å². The van der Waals surface area contributed by atoms with Gasteiger partial charge in [-0.3, -0.25) is 9.59 Å². The van der Waals surface area contributed by atoms with Crippen molar-refractivity contribution < 1.29 is 14.7 Å². The van der Waals surface area contributed by atoms with Gasteiger partial charge in [-0.15, -0.1) is 5.10 Å². The lowest BCUT2D eigenvalue weighted by atomic mass is 10.0. The number of likely N-dealkylation sites (tertiary alicyclic amines) is 1. The lowest BCUT2D eigenvalue weighted by molar-refractivity contribution is -0.141. The summed E-state index contributed by atoms with van der Waals surface area (Å²) >= 11 is 0. The Kier molecular flexibility index (Phi) is 4.54. The van der Waals surface area contributed by atoms with Crippen molar-refractivity contribution >= 4 is 11.9 Å². The van der Waals surface area contributed by atoms with Crippen LogP contribution in [0, 0.1) is 12.8 Å². The second kappa shape index (κ2) is 6.77. The van der Waals surface area contributed by atoms with E-state index in [1.807, 2.05) is 30.3 Å². The van der Waals surface area contributed by atoms with Crippen molar-refractivity contribution in [1.29, 1.82) is 0 Å². The molecule has 0 aliphatic carbocycles. The summed E-state index contributed by atoms with van der Waals surface area (Å²) in [6.45, 7) is 2.43. The molecule has 8 nitrogen and oxygen atoms in total. The minimum Gasteiger partial charge on any atom is -0.481 e. The number of aromatic nitrogens is 4. The number of aliphatic carboxylic acids is 1. The fourth-order valence-corrected chi connectivity index (χ4v) is 3.01. The van der Waals surface area contributed by atoms with E-state index in [9.17, 15) is 9.59 Å². The molecule has 24 heavy (non-hydrogen) atoms. The van der Waals surface area contributed by atoms with Crippen LogP contribution < -0.4 is 0 Å². The number of aryl methyl sites for hydroxylation is 1. The number of rotatable bonds is 5. The van der Waals surface area contributed by atoms with Crippen molar-refractivity contribution in [3.8, 4) is 0 Å². The van der Waals surface area contributed by atoms with Gasteiger partial charge in [-0.2, -0.15) is 0 Å². The fourth-order valence-electron chi connectivity index (χ4n) is 3.01. The second-order valence-electron chi connectivity index (χ2n) is 5.98. The van der Waals surface area contributed by atoms with Crippen LogP contribution in [0.2, 0.25) is 0 Å². The first kappa shape index (κ1) is 16.1. The molecule has 1 saturated heterocycles. The number of tetrazole rings is 1. The van der Waals surface area contributed by atoms with Gasteiger partial charge in [-0.25, -0.2) is 4.68 Å². The van der Waals surface area contributed by atoms with E-state index in [0.29, 0.717) is 25.2 Å². The van der Waals surface area contributed by atoms with Gasteiger partial charge in [0, 0.05) is 19.5 Å². The number of carboxylic acids is 1. The van der Waals surface area contributed by atoms with Crippen molar-refractivity contribution in [3.05, 3.63) is 41.7 Å². The number of carboxylic acid groups (broad SMARTS) is 1. The Morgan fingerprint density at radius 2 is 2.08 bits per heavy atom. The lowest BCUT2D eigenvalue weighted by Crippen LogP contribution is -2.38. The summed E-state index contributed by atoms with van der Waals surface area (Å²) < 4.78 is 1.52. The summed E-state index contributed by atoms with van der Waals surface area (Å²) in [6.07, 6.45) is 0.938. The van der Waals surface area contributed by atoms with Crippen molar-refractivity contribution in [2.75, 3.05) is 13.1 Å². The molecule has 0 bridgehead atoms. The molecule has 1 aromatic heterocycles. The normalized spacial score (nSPS) is 18.5. The first-order valence-corrected chi connectivity index (χ1v) is 7.86. The SMILES string of the molecule is Cc1nnnn1C(Cc1ccccc1)C(=O)N1CCC(C(=O)O)C1. The van der Waals surface area contributed by atoms with Crippen LogP contribution in [0.5, 0.6) is 0 Å². The van der Waals surface area contributed by atoms with Gasteiger partial charge in [0.05, 0.1) is 5.92 Å². The van der Waals surface area contributed by atoms with Crippen molar-refractivity contribution in [2.24, 2.45) is 5.92 Å². The molecule has 1 aromatic carbocycles. The monoisotopic (exact) mass is 329 g/mol. The molecular formula is C16H19N5O3. The van der Waals surface area contributed by atoms with Gasteiger partial charge in [0.15, 0.2) is 0 Å². The van der Waals surface area contributed by atoms with Crippen LogP contribution in [0.4, 0.5) is 0 Å². The van der Waals surface area contributed by atoms with Crippen LogP contribution in [0.1, 0.15) is 23.9 Å². The summed E-state index contributed by atoms with van der Waals surface area (Å²) in [6, 6.07) is 9.07. The molecule has 8 heteroatoms. The number of benzene rings is 1. The van der Waals surface area contributed by atoms with Crippen molar-refractivity contribution in [1.82, 2.24) is 25.1 Å². The molecule has 2 atom stereocenters. The average Bonchev–Trinajstić information content (AvgIpc) is 3.22. The lowest BCUT2D eigenvalue weighted by Gasteiger charge is -2.23. The topological polar surface area (TPSA) is 101 Å². The Morgan fingerprint density at radius 3 is 2.67 bits per heavy atom. The Labute approximate surface area is 139 Å². The van der Waals surface area contributed by atoms with Gasteiger partial charge < -0.3 is 10.0 Å². The molecule has 2 heterocycles. The van der Waals surface area contributed by atoms with E-state index < -0.39 is 17.9 Å². The quantitative estimate of drug-likeness (QED) is 0.866. The molecule has 0 saturated carbocycles. The maximum atomic E-state index is 13.0. The fraction of sp³-hybridized carbons (Fsp3) is 0.438. The molecule has 126 valence electrons. The molecule has 1 aliphatic rings. The van der Waals surface area contributed by atoms with E-state index in [1.165, 1.54) is 4.68 Å². The minimum atomic E-state index is -0.858. The zero-order chi connectivity index (χ0) is 17.1. The predicted octanol–water partition coefficient (Wildman–Crippen LogP) is 0.698. The highest BCUT2D eigenvalue weighted by molar-refractivity contribution is 5.82. The summed E-state index contributed by atoms with van der Waals surface area (Å²) in [5.41, 5.74) is 1.000. The van der Waals surface area contributed by atoms with Gasteiger partial charge in [0.2, 0.25) is 5.91 Å². The number of hydrogen-bond donors (Lipinski definition) is 1. The van der Waals surface area contributed by atoms with Crippen LogP contribution >= 0.6 is 0 Å². The number of nitrogens with zero attached hydrogens (tertiary/aromatic N) is 5. The number of amides is 1. The molecule has 0 spiro atoms. The van der Waals surface area contributed by atoms with Gasteiger partial charge in [-0.05, 0) is 29.3 Å². The Morgan fingerprint density at radius 1 is 1.33 bits per heavy atom. The molecule has 3 rings (SSSR count). The molecule has 2 aromatic rings. The zero-order valence-corrected chi connectivity index (χ0v) is 13.4. The predicted molar refractivity (Wildman–Crippen MR) is 84.1 cm³/mol. The van der Waals surface area contributed by atoms with E-state index in [2.05, 4.69) is 15.5 Å². The van der Waals surface area contributed by atoms with E-state index in [1.54, 1.807) is 11.8 Å². The third kappa shape index (κ3) is 3.27. The maximum absolute atomic E-state index is 13.0. The van der Waals surface area contributed by atoms with E-state index in [0.717, 1.165) is 5.56 Å².